The molecule has 17 heavy (non-hydrogen) atoms. The van der Waals surface area contributed by atoms with Gasteiger partial charge in [0.25, 0.3) is 0 Å². The molecule has 0 radical (unpaired) electrons. The van der Waals surface area contributed by atoms with Crippen molar-refractivity contribution in [2.45, 2.75) is 19.8 Å². The van der Waals surface area contributed by atoms with Gasteiger partial charge in [0.1, 0.15) is 0 Å². The second-order valence-electron chi connectivity index (χ2n) is 3.87. The van der Waals surface area contributed by atoms with E-state index in [2.05, 4.69) is 39.8 Å². The minimum Gasteiger partial charge on any atom is -0.319 e. The van der Waals surface area contributed by atoms with Crippen LogP contribution < -0.4 is 5.32 Å². The van der Waals surface area contributed by atoms with E-state index in [1.807, 2.05) is 19.2 Å². The van der Waals surface area contributed by atoms with Gasteiger partial charge in [-0.3, -0.25) is 0 Å². The average molecular weight is 231 g/mol. The zero-order valence-electron chi connectivity index (χ0n) is 10.2. The molecule has 5 nitrogen and oxygen atoms in total. The lowest BCUT2D eigenvalue weighted by Gasteiger charge is -1.99. The summed E-state index contributed by atoms with van der Waals surface area (Å²) in [5.74, 6) is 0.763. The summed E-state index contributed by atoms with van der Waals surface area (Å²) in [5, 5.41) is 15.4. The van der Waals surface area contributed by atoms with E-state index in [4.69, 9.17) is 0 Å². The summed E-state index contributed by atoms with van der Waals surface area (Å²) in [6, 6.07) is 8.21. The Morgan fingerprint density at radius 2 is 2.00 bits per heavy atom. The molecule has 0 saturated carbocycles. The average Bonchev–Trinajstić information content (AvgIpc) is 2.85. The van der Waals surface area contributed by atoms with Gasteiger partial charge < -0.3 is 5.32 Å². The Kier molecular flexibility index (Phi) is 3.82. The molecule has 0 atom stereocenters. The Hall–Kier alpha value is -1.75. The van der Waals surface area contributed by atoms with Crippen LogP contribution in [-0.2, 0) is 12.8 Å². The molecule has 1 aromatic carbocycles. The van der Waals surface area contributed by atoms with Crippen molar-refractivity contribution < 1.29 is 0 Å². The van der Waals surface area contributed by atoms with E-state index >= 15 is 0 Å². The fourth-order valence-corrected chi connectivity index (χ4v) is 1.55. The predicted octanol–water partition coefficient (Wildman–Crippen LogP) is 0.987. The number of hydrogen-bond donors (Lipinski definition) is 1. The molecule has 0 aliphatic rings. The lowest BCUT2D eigenvalue weighted by atomic mass is 10.2. The van der Waals surface area contributed by atoms with Crippen molar-refractivity contribution in [2.75, 3.05) is 13.6 Å². The van der Waals surface area contributed by atoms with E-state index < -0.39 is 0 Å². The Labute approximate surface area is 101 Å². The molecule has 2 aromatic rings. The van der Waals surface area contributed by atoms with Gasteiger partial charge in [-0.15, -0.1) is 15.0 Å². The summed E-state index contributed by atoms with van der Waals surface area (Å²) in [5.41, 5.74) is 2.26. The van der Waals surface area contributed by atoms with Crippen LogP contribution in [0.1, 0.15) is 18.3 Å². The van der Waals surface area contributed by atoms with Gasteiger partial charge in [-0.05, 0) is 36.4 Å². The monoisotopic (exact) mass is 231 g/mol. The number of likely N-dealkylation sites (N-methyl/N-ethyl adjacent to an activating group) is 1. The van der Waals surface area contributed by atoms with Crippen LogP contribution >= 0.6 is 0 Å². The van der Waals surface area contributed by atoms with Gasteiger partial charge in [-0.25, -0.2) is 0 Å². The summed E-state index contributed by atoms with van der Waals surface area (Å²) in [7, 11) is 1.91. The van der Waals surface area contributed by atoms with Crippen molar-refractivity contribution in [1.29, 1.82) is 0 Å². The van der Waals surface area contributed by atoms with Gasteiger partial charge in [0.2, 0.25) is 0 Å². The van der Waals surface area contributed by atoms with Crippen LogP contribution in [0.3, 0.4) is 0 Å². The molecule has 90 valence electrons. The number of hydrogen-bond acceptors (Lipinski definition) is 4. The second kappa shape index (κ2) is 5.54. The molecule has 0 fully saturated rings. The number of aryl methyl sites for hydroxylation is 1. The Bertz CT molecular complexity index is 460. The van der Waals surface area contributed by atoms with Gasteiger partial charge >= 0.3 is 0 Å². The Morgan fingerprint density at radius 3 is 2.65 bits per heavy atom. The summed E-state index contributed by atoms with van der Waals surface area (Å²) in [6.07, 6.45) is 1.84. The zero-order valence-corrected chi connectivity index (χ0v) is 10.2. The molecule has 0 saturated heterocycles. The normalized spacial score (nSPS) is 10.7. The lowest BCUT2D eigenvalue weighted by molar-refractivity contribution is 0.712. The van der Waals surface area contributed by atoms with Crippen LogP contribution in [0.15, 0.2) is 24.3 Å². The molecule has 5 heteroatoms. The Morgan fingerprint density at radius 1 is 1.24 bits per heavy atom. The SMILES string of the molecule is CCc1ccc(-n2nnc(CCNC)n2)cc1. The fourth-order valence-electron chi connectivity index (χ4n) is 1.55. The highest BCUT2D eigenvalue weighted by Gasteiger charge is 2.03. The standard InChI is InChI=1S/C12H17N5/c1-3-10-4-6-11(7-5-10)17-15-12(14-16-17)8-9-13-2/h4-7,13H,3,8-9H2,1-2H3. The van der Waals surface area contributed by atoms with Crippen LogP contribution in [0.5, 0.6) is 0 Å². The van der Waals surface area contributed by atoms with E-state index in [1.54, 1.807) is 4.80 Å². The molecule has 0 amide bonds. The molecule has 0 unspecified atom stereocenters. The molecular weight excluding hydrogens is 214 g/mol. The zero-order chi connectivity index (χ0) is 12.1. The first-order valence-corrected chi connectivity index (χ1v) is 5.86. The van der Waals surface area contributed by atoms with E-state index in [0.29, 0.717) is 0 Å². The molecule has 0 aliphatic carbocycles. The van der Waals surface area contributed by atoms with Crippen molar-refractivity contribution >= 4 is 0 Å². The highest BCUT2D eigenvalue weighted by molar-refractivity contribution is 5.32. The highest BCUT2D eigenvalue weighted by atomic mass is 15.6. The molecule has 0 spiro atoms. The van der Waals surface area contributed by atoms with Gasteiger partial charge in [0.05, 0.1) is 5.69 Å². The highest BCUT2D eigenvalue weighted by Crippen LogP contribution is 2.07. The number of nitrogens with zero attached hydrogens (tertiary/aromatic N) is 4. The molecule has 2 rings (SSSR count). The summed E-state index contributed by atoms with van der Waals surface area (Å²) < 4.78 is 0. The topological polar surface area (TPSA) is 55.6 Å². The molecule has 1 aromatic heterocycles. The third-order valence-corrected chi connectivity index (χ3v) is 2.63. The molecule has 1 N–H and O–H groups in total. The van der Waals surface area contributed by atoms with Crippen molar-refractivity contribution in [3.05, 3.63) is 35.7 Å². The third kappa shape index (κ3) is 2.88. The maximum Gasteiger partial charge on any atom is 0.176 e. The van der Waals surface area contributed by atoms with Gasteiger partial charge in [0, 0.05) is 13.0 Å². The number of benzene rings is 1. The number of rotatable bonds is 5. The summed E-state index contributed by atoms with van der Waals surface area (Å²) in [4.78, 5) is 1.57. The quantitative estimate of drug-likeness (QED) is 0.833. The maximum absolute atomic E-state index is 4.33. The minimum atomic E-state index is 0.763. The first kappa shape index (κ1) is 11.7. The van der Waals surface area contributed by atoms with Crippen molar-refractivity contribution in [2.24, 2.45) is 0 Å². The maximum atomic E-state index is 4.33. The number of nitrogens with one attached hydrogen (secondary N) is 1. The van der Waals surface area contributed by atoms with Crippen molar-refractivity contribution in [3.63, 3.8) is 0 Å². The van der Waals surface area contributed by atoms with E-state index in [9.17, 15) is 0 Å². The van der Waals surface area contributed by atoms with Crippen molar-refractivity contribution in [3.8, 4) is 5.69 Å². The third-order valence-electron chi connectivity index (χ3n) is 2.63. The number of aromatic nitrogens is 4. The largest absolute Gasteiger partial charge is 0.319 e. The van der Waals surface area contributed by atoms with Gasteiger partial charge in [-0.1, -0.05) is 19.1 Å². The first-order chi connectivity index (χ1) is 8.33. The van der Waals surface area contributed by atoms with Gasteiger partial charge in [-0.2, -0.15) is 0 Å². The molecule has 1 heterocycles. The Balaban J connectivity index is 2.12. The van der Waals surface area contributed by atoms with Crippen LogP contribution in [0.4, 0.5) is 0 Å². The number of tetrazole rings is 1. The minimum absolute atomic E-state index is 0.763. The van der Waals surface area contributed by atoms with E-state index in [0.717, 1.165) is 30.9 Å². The summed E-state index contributed by atoms with van der Waals surface area (Å²) >= 11 is 0. The second-order valence-corrected chi connectivity index (χ2v) is 3.87. The van der Waals surface area contributed by atoms with Crippen LogP contribution in [-0.4, -0.2) is 33.8 Å². The molecular formula is C12H17N5. The van der Waals surface area contributed by atoms with Gasteiger partial charge in [0.15, 0.2) is 5.82 Å². The van der Waals surface area contributed by atoms with E-state index in [1.165, 1.54) is 5.56 Å². The summed E-state index contributed by atoms with van der Waals surface area (Å²) in [6.45, 7) is 3.00. The fraction of sp³-hybridized carbons (Fsp3) is 0.417. The molecule has 0 aliphatic heterocycles. The predicted molar refractivity (Wildman–Crippen MR) is 66.2 cm³/mol. The first-order valence-electron chi connectivity index (χ1n) is 5.86. The lowest BCUT2D eigenvalue weighted by Crippen LogP contribution is -2.11. The smallest absolute Gasteiger partial charge is 0.176 e. The van der Waals surface area contributed by atoms with Crippen molar-refractivity contribution in [1.82, 2.24) is 25.5 Å². The van der Waals surface area contributed by atoms with Crippen LogP contribution in [0.25, 0.3) is 5.69 Å². The molecule has 0 bridgehead atoms. The van der Waals surface area contributed by atoms with Crippen LogP contribution in [0, 0.1) is 0 Å². The van der Waals surface area contributed by atoms with Crippen LogP contribution in [0.2, 0.25) is 0 Å². The van der Waals surface area contributed by atoms with E-state index in [-0.39, 0.29) is 0 Å².